The van der Waals surface area contributed by atoms with Gasteiger partial charge in [-0.05, 0) is 12.8 Å². The van der Waals surface area contributed by atoms with Gasteiger partial charge in [0.1, 0.15) is 0 Å². The molecule has 0 aromatic carbocycles. The predicted molar refractivity (Wildman–Crippen MR) is 101 cm³/mol. The zero-order valence-corrected chi connectivity index (χ0v) is 16.1. The largest absolute Gasteiger partial charge is 0.478 e. The molecule has 0 fully saturated rings. The van der Waals surface area contributed by atoms with Crippen molar-refractivity contribution < 1.29 is 43.6 Å². The number of carbonyl (C=O) groups excluding carboxylic acids is 2. The maximum absolute atomic E-state index is 11.2. The molecule has 164 valence electrons. The molecule has 29 heavy (non-hydrogen) atoms. The minimum Gasteiger partial charge on any atom is -0.478 e. The van der Waals surface area contributed by atoms with Gasteiger partial charge in [0, 0.05) is 50.6 Å². The molecule has 0 aromatic rings. The van der Waals surface area contributed by atoms with E-state index in [1.54, 1.807) is 0 Å². The van der Waals surface area contributed by atoms with Crippen LogP contribution in [-0.4, -0.2) is 86.7 Å². The minimum atomic E-state index is -1.18. The Kier molecular flexibility index (Phi) is 16.8. The number of carboxylic acid groups (broad SMARTS) is 2. The van der Waals surface area contributed by atoms with Gasteiger partial charge < -0.3 is 35.1 Å². The molecule has 0 aliphatic rings. The highest BCUT2D eigenvalue weighted by Crippen LogP contribution is 1.86. The lowest BCUT2D eigenvalue weighted by Crippen LogP contribution is -2.23. The van der Waals surface area contributed by atoms with Gasteiger partial charge in [-0.2, -0.15) is 0 Å². The van der Waals surface area contributed by atoms with Crippen LogP contribution in [0, 0.1) is 0 Å². The van der Waals surface area contributed by atoms with Crippen molar-refractivity contribution in [1.82, 2.24) is 10.6 Å². The van der Waals surface area contributed by atoms with Crippen LogP contribution in [0.2, 0.25) is 0 Å². The summed E-state index contributed by atoms with van der Waals surface area (Å²) in [6, 6.07) is 0. The van der Waals surface area contributed by atoms with Gasteiger partial charge in [-0.15, -0.1) is 0 Å². The van der Waals surface area contributed by atoms with Gasteiger partial charge in [0.15, 0.2) is 0 Å². The summed E-state index contributed by atoms with van der Waals surface area (Å²) in [4.78, 5) is 42.8. The van der Waals surface area contributed by atoms with E-state index in [2.05, 4.69) is 10.6 Å². The Morgan fingerprint density at radius 3 is 1.28 bits per heavy atom. The van der Waals surface area contributed by atoms with Crippen LogP contribution in [0.3, 0.4) is 0 Å². The predicted octanol–water partition coefficient (Wildman–Crippen LogP) is -0.670. The molecule has 0 bridgehead atoms. The van der Waals surface area contributed by atoms with Crippen molar-refractivity contribution in [3.8, 4) is 0 Å². The van der Waals surface area contributed by atoms with Crippen molar-refractivity contribution in [3.63, 3.8) is 0 Å². The summed E-state index contributed by atoms with van der Waals surface area (Å²) in [6.45, 7) is 3.27. The van der Waals surface area contributed by atoms with Crippen molar-refractivity contribution in [2.24, 2.45) is 0 Å². The highest BCUT2D eigenvalue weighted by atomic mass is 16.5. The third kappa shape index (κ3) is 21.4. The van der Waals surface area contributed by atoms with Gasteiger partial charge in [0.2, 0.25) is 11.8 Å². The third-order valence-electron chi connectivity index (χ3n) is 3.03. The van der Waals surface area contributed by atoms with Gasteiger partial charge in [0.25, 0.3) is 0 Å². The topological polar surface area (TPSA) is 160 Å². The van der Waals surface area contributed by atoms with Crippen LogP contribution in [0.15, 0.2) is 24.3 Å². The van der Waals surface area contributed by atoms with Gasteiger partial charge in [-0.1, -0.05) is 0 Å². The summed E-state index contributed by atoms with van der Waals surface area (Å²) in [7, 11) is 0. The lowest BCUT2D eigenvalue weighted by molar-refractivity contribution is -0.132. The van der Waals surface area contributed by atoms with Gasteiger partial charge in [-0.25, -0.2) is 9.59 Å². The Hall–Kier alpha value is -2.76. The Morgan fingerprint density at radius 2 is 0.931 bits per heavy atom. The Labute approximate surface area is 168 Å². The van der Waals surface area contributed by atoms with Crippen molar-refractivity contribution in [3.05, 3.63) is 24.3 Å². The normalized spacial score (nSPS) is 11.0. The summed E-state index contributed by atoms with van der Waals surface area (Å²) in [5, 5.41) is 21.8. The van der Waals surface area contributed by atoms with E-state index in [-0.39, 0.29) is 0 Å². The van der Waals surface area contributed by atoms with Gasteiger partial charge in [-0.3, -0.25) is 9.59 Å². The molecule has 2 amide bonds. The maximum Gasteiger partial charge on any atom is 0.328 e. The fourth-order valence-electron chi connectivity index (χ4n) is 1.73. The second-order valence-corrected chi connectivity index (χ2v) is 5.47. The molecule has 0 rings (SSSR count). The molecule has 0 saturated heterocycles. The maximum atomic E-state index is 11.2. The number of aliphatic carboxylic acids is 2. The summed E-state index contributed by atoms with van der Waals surface area (Å²) in [5.41, 5.74) is 0. The monoisotopic (exact) mass is 416 g/mol. The summed E-state index contributed by atoms with van der Waals surface area (Å²) >= 11 is 0. The van der Waals surface area contributed by atoms with E-state index in [1.165, 1.54) is 0 Å². The van der Waals surface area contributed by atoms with E-state index in [0.29, 0.717) is 65.6 Å². The van der Waals surface area contributed by atoms with Crippen molar-refractivity contribution in [1.29, 1.82) is 0 Å². The molecule has 0 spiro atoms. The second kappa shape index (κ2) is 18.6. The first-order valence-electron chi connectivity index (χ1n) is 9.02. The summed E-state index contributed by atoms with van der Waals surface area (Å²) in [5.74, 6) is -3.28. The smallest absolute Gasteiger partial charge is 0.328 e. The fraction of sp³-hybridized carbons (Fsp3) is 0.556. The van der Waals surface area contributed by atoms with Crippen molar-refractivity contribution >= 4 is 23.8 Å². The number of carboxylic acids is 2. The third-order valence-corrected chi connectivity index (χ3v) is 3.03. The zero-order chi connectivity index (χ0) is 21.7. The lowest BCUT2D eigenvalue weighted by atomic mass is 10.4. The number of ether oxygens (including phenoxy) is 3. The van der Waals surface area contributed by atoms with Crippen LogP contribution in [0.5, 0.6) is 0 Å². The number of hydrogen-bond donors (Lipinski definition) is 4. The first-order valence-corrected chi connectivity index (χ1v) is 9.02. The number of nitrogens with one attached hydrogen (secondary N) is 2. The van der Waals surface area contributed by atoms with Crippen LogP contribution >= 0.6 is 0 Å². The van der Waals surface area contributed by atoms with Crippen LogP contribution in [0.25, 0.3) is 0 Å². The SMILES string of the molecule is O=C(O)/C=C/C(=O)NCCCOCCOCCOCCCNC(=O)/C=C/C(=O)O. The van der Waals surface area contributed by atoms with E-state index in [0.717, 1.165) is 24.3 Å². The molecule has 0 unspecified atom stereocenters. The fourth-order valence-corrected chi connectivity index (χ4v) is 1.73. The van der Waals surface area contributed by atoms with Crippen LogP contribution in [-0.2, 0) is 33.4 Å². The van der Waals surface area contributed by atoms with E-state index >= 15 is 0 Å². The van der Waals surface area contributed by atoms with Crippen LogP contribution in [0.4, 0.5) is 0 Å². The van der Waals surface area contributed by atoms with E-state index in [9.17, 15) is 19.2 Å². The minimum absolute atomic E-state index is 0.383. The molecule has 4 N–H and O–H groups in total. The average molecular weight is 416 g/mol. The molecule has 0 heterocycles. The molecular formula is C18H28N2O9. The average Bonchev–Trinajstić information content (AvgIpc) is 2.67. The van der Waals surface area contributed by atoms with E-state index < -0.39 is 23.8 Å². The highest BCUT2D eigenvalue weighted by Gasteiger charge is 1.98. The van der Waals surface area contributed by atoms with E-state index in [1.807, 2.05) is 0 Å². The zero-order valence-electron chi connectivity index (χ0n) is 16.1. The molecule has 0 aliphatic carbocycles. The van der Waals surface area contributed by atoms with Crippen LogP contribution < -0.4 is 10.6 Å². The summed E-state index contributed by atoms with van der Waals surface area (Å²) < 4.78 is 16.0. The van der Waals surface area contributed by atoms with Gasteiger partial charge >= 0.3 is 11.9 Å². The summed E-state index contributed by atoms with van der Waals surface area (Å²) in [6.07, 6.45) is 4.64. The number of hydrogen-bond acceptors (Lipinski definition) is 7. The molecule has 11 heteroatoms. The first-order chi connectivity index (χ1) is 13.9. The Morgan fingerprint density at radius 1 is 0.586 bits per heavy atom. The standard InChI is InChI=1S/C18H28N2O9/c21-15(3-5-17(23)24)19-7-1-9-27-11-13-29-14-12-28-10-2-8-20-16(22)4-6-18(25)26/h3-6H,1-2,7-14H2,(H,19,21)(H,20,22)(H,23,24)(H,25,26)/b5-3+,6-4+. The highest BCUT2D eigenvalue weighted by molar-refractivity contribution is 5.94. The first kappa shape index (κ1) is 26.2. The number of amides is 2. The molecule has 0 radical (unpaired) electrons. The molecule has 11 nitrogen and oxygen atoms in total. The van der Waals surface area contributed by atoms with Crippen molar-refractivity contribution in [2.75, 3.05) is 52.7 Å². The quantitative estimate of drug-likeness (QED) is 0.168. The van der Waals surface area contributed by atoms with Crippen LogP contribution in [0.1, 0.15) is 12.8 Å². The van der Waals surface area contributed by atoms with Crippen molar-refractivity contribution in [2.45, 2.75) is 12.8 Å². The molecule has 0 aliphatic heterocycles. The molecule has 0 saturated carbocycles. The lowest BCUT2D eigenvalue weighted by Gasteiger charge is -2.07. The molecular weight excluding hydrogens is 388 g/mol. The van der Waals surface area contributed by atoms with Gasteiger partial charge in [0.05, 0.1) is 26.4 Å². The Balaban J connectivity index is 3.28. The number of carbonyl (C=O) groups is 4. The molecule has 0 aromatic heterocycles. The second-order valence-electron chi connectivity index (χ2n) is 5.47. The number of rotatable bonds is 18. The van der Waals surface area contributed by atoms with E-state index in [4.69, 9.17) is 24.4 Å². The molecule has 0 atom stereocenters. The Bertz CT molecular complexity index is 514.